The number of nitrogens with one attached hydrogen (secondary N) is 1. The summed E-state index contributed by atoms with van der Waals surface area (Å²) in [4.78, 5) is 0. The van der Waals surface area contributed by atoms with Crippen LogP contribution < -0.4 is 10.1 Å². The Hall–Kier alpha value is -1.06. The maximum Gasteiger partial charge on any atom is 0.119 e. The van der Waals surface area contributed by atoms with Gasteiger partial charge in [0.2, 0.25) is 0 Å². The van der Waals surface area contributed by atoms with Crippen LogP contribution in [0.1, 0.15) is 38.2 Å². The van der Waals surface area contributed by atoms with E-state index in [1.54, 1.807) is 0 Å². The Morgan fingerprint density at radius 1 is 1.42 bits per heavy atom. The molecule has 3 heteroatoms. The van der Waals surface area contributed by atoms with Crippen molar-refractivity contribution in [3.05, 3.63) is 29.8 Å². The molecule has 1 aromatic carbocycles. The molecule has 2 rings (SSSR count). The number of benzene rings is 1. The quantitative estimate of drug-likeness (QED) is 0.709. The van der Waals surface area contributed by atoms with Crippen molar-refractivity contribution in [2.24, 2.45) is 0 Å². The lowest BCUT2D eigenvalue weighted by Crippen LogP contribution is -2.47. The van der Waals surface area contributed by atoms with E-state index >= 15 is 0 Å². The fourth-order valence-corrected chi connectivity index (χ4v) is 2.27. The molecule has 106 valence electrons. The van der Waals surface area contributed by atoms with Gasteiger partial charge in [0, 0.05) is 11.6 Å². The minimum absolute atomic E-state index is 0.156. The second-order valence-corrected chi connectivity index (χ2v) is 5.91. The summed E-state index contributed by atoms with van der Waals surface area (Å²) >= 11 is 0. The Labute approximate surface area is 116 Å². The highest BCUT2D eigenvalue weighted by atomic mass is 16.5. The zero-order chi connectivity index (χ0) is 13.7. The Morgan fingerprint density at radius 2 is 2.21 bits per heavy atom. The predicted octanol–water partition coefficient (Wildman–Crippen LogP) is 2.66. The summed E-state index contributed by atoms with van der Waals surface area (Å²) < 4.78 is 5.74. The molecule has 3 nitrogen and oxygen atoms in total. The van der Waals surface area contributed by atoms with Crippen LogP contribution in [0.15, 0.2) is 24.3 Å². The van der Waals surface area contributed by atoms with E-state index in [0.717, 1.165) is 18.6 Å². The molecule has 1 fully saturated rings. The number of aliphatic hydroxyl groups is 1. The highest BCUT2D eigenvalue weighted by Crippen LogP contribution is 2.24. The second kappa shape index (κ2) is 6.40. The van der Waals surface area contributed by atoms with Gasteiger partial charge in [-0.15, -0.1) is 0 Å². The van der Waals surface area contributed by atoms with Gasteiger partial charge in [0.1, 0.15) is 5.75 Å². The highest BCUT2D eigenvalue weighted by Gasteiger charge is 2.31. The zero-order valence-electron chi connectivity index (χ0n) is 12.0. The molecule has 0 aromatic heterocycles. The largest absolute Gasteiger partial charge is 0.494 e. The van der Waals surface area contributed by atoms with E-state index in [4.69, 9.17) is 4.74 Å². The lowest BCUT2D eigenvalue weighted by Gasteiger charge is -2.29. The third-order valence-corrected chi connectivity index (χ3v) is 3.61. The van der Waals surface area contributed by atoms with E-state index in [1.165, 1.54) is 18.4 Å². The number of ether oxygens (including phenoxy) is 1. The number of rotatable bonds is 8. The van der Waals surface area contributed by atoms with Gasteiger partial charge in [-0.1, -0.05) is 12.1 Å². The van der Waals surface area contributed by atoms with Crippen LogP contribution in [0.5, 0.6) is 5.75 Å². The summed E-state index contributed by atoms with van der Waals surface area (Å²) in [6.45, 7) is 5.05. The maximum atomic E-state index is 9.51. The van der Waals surface area contributed by atoms with Crippen LogP contribution in [0, 0.1) is 6.92 Å². The first-order valence-electron chi connectivity index (χ1n) is 7.19. The van der Waals surface area contributed by atoms with Crippen molar-refractivity contribution in [2.75, 3.05) is 13.2 Å². The Kier molecular flexibility index (Phi) is 4.83. The van der Waals surface area contributed by atoms with Crippen molar-refractivity contribution in [3.63, 3.8) is 0 Å². The number of hydrogen-bond acceptors (Lipinski definition) is 3. The first-order valence-corrected chi connectivity index (χ1v) is 7.19. The summed E-state index contributed by atoms with van der Waals surface area (Å²) in [5.41, 5.74) is 1.06. The molecular formula is C16H25NO2. The topological polar surface area (TPSA) is 41.5 Å². The summed E-state index contributed by atoms with van der Waals surface area (Å²) in [5, 5.41) is 13.0. The lowest BCUT2D eigenvalue weighted by atomic mass is 9.97. The molecule has 2 N–H and O–H groups in total. The Morgan fingerprint density at radius 3 is 2.84 bits per heavy atom. The van der Waals surface area contributed by atoms with Crippen molar-refractivity contribution in [1.29, 1.82) is 0 Å². The van der Waals surface area contributed by atoms with Crippen LogP contribution in [0.2, 0.25) is 0 Å². The average molecular weight is 263 g/mol. The van der Waals surface area contributed by atoms with Crippen LogP contribution >= 0.6 is 0 Å². The van der Waals surface area contributed by atoms with Gasteiger partial charge in [0.05, 0.1) is 13.2 Å². The molecule has 19 heavy (non-hydrogen) atoms. The first kappa shape index (κ1) is 14.4. The second-order valence-electron chi connectivity index (χ2n) is 5.91. The van der Waals surface area contributed by atoms with E-state index in [0.29, 0.717) is 12.6 Å². The molecule has 0 saturated heterocycles. The third kappa shape index (κ3) is 4.84. The molecule has 1 aliphatic rings. The van der Waals surface area contributed by atoms with Crippen LogP contribution in [-0.4, -0.2) is 29.9 Å². The zero-order valence-corrected chi connectivity index (χ0v) is 12.0. The summed E-state index contributed by atoms with van der Waals surface area (Å²) in [6, 6.07) is 8.73. The van der Waals surface area contributed by atoms with Crippen molar-refractivity contribution >= 4 is 0 Å². The van der Waals surface area contributed by atoms with Crippen molar-refractivity contribution in [2.45, 2.75) is 51.1 Å². The normalized spacial score (nSPS) is 18.1. The molecule has 1 atom stereocenters. The molecule has 1 aromatic rings. The van der Waals surface area contributed by atoms with Crippen LogP contribution in [0.3, 0.4) is 0 Å². The predicted molar refractivity (Wildman–Crippen MR) is 77.6 cm³/mol. The molecule has 1 unspecified atom stereocenters. The van der Waals surface area contributed by atoms with Gasteiger partial charge in [0.25, 0.3) is 0 Å². The number of hydrogen-bond donors (Lipinski definition) is 2. The van der Waals surface area contributed by atoms with E-state index < -0.39 is 0 Å². The van der Waals surface area contributed by atoms with Crippen molar-refractivity contribution < 1.29 is 9.84 Å². The smallest absolute Gasteiger partial charge is 0.119 e. The minimum atomic E-state index is -0.156. The standard InChI is InChI=1S/C16H25NO2/c1-13-5-3-6-15(11-13)19-10-4-9-16(2,12-18)17-14-7-8-14/h3,5-6,11,14,17-18H,4,7-10,12H2,1-2H3. The van der Waals surface area contributed by atoms with Crippen molar-refractivity contribution in [3.8, 4) is 5.75 Å². The van der Waals surface area contributed by atoms with Crippen LogP contribution in [0.4, 0.5) is 0 Å². The Balaban J connectivity index is 1.70. The average Bonchev–Trinajstić information content (AvgIpc) is 3.19. The van der Waals surface area contributed by atoms with Gasteiger partial charge < -0.3 is 15.2 Å². The van der Waals surface area contributed by atoms with Gasteiger partial charge in [0.15, 0.2) is 0 Å². The highest BCUT2D eigenvalue weighted by molar-refractivity contribution is 5.27. The molecule has 0 bridgehead atoms. The molecule has 1 saturated carbocycles. The van der Waals surface area contributed by atoms with Crippen LogP contribution in [0.25, 0.3) is 0 Å². The molecule has 0 aliphatic heterocycles. The fraction of sp³-hybridized carbons (Fsp3) is 0.625. The summed E-state index contributed by atoms with van der Waals surface area (Å²) in [6.07, 6.45) is 4.38. The van der Waals surface area contributed by atoms with Crippen molar-refractivity contribution in [1.82, 2.24) is 5.32 Å². The van der Waals surface area contributed by atoms with Crippen LogP contribution in [-0.2, 0) is 0 Å². The minimum Gasteiger partial charge on any atom is -0.494 e. The third-order valence-electron chi connectivity index (χ3n) is 3.61. The summed E-state index contributed by atoms with van der Waals surface area (Å²) in [7, 11) is 0. The first-order chi connectivity index (χ1) is 9.11. The van der Waals surface area contributed by atoms with E-state index in [9.17, 15) is 5.11 Å². The van der Waals surface area contributed by atoms with E-state index in [1.807, 2.05) is 18.2 Å². The monoisotopic (exact) mass is 263 g/mol. The molecule has 0 radical (unpaired) electrons. The van der Waals surface area contributed by atoms with E-state index in [-0.39, 0.29) is 12.1 Å². The number of aliphatic hydroxyl groups excluding tert-OH is 1. The molecule has 0 amide bonds. The lowest BCUT2D eigenvalue weighted by molar-refractivity contribution is 0.154. The SMILES string of the molecule is Cc1cccc(OCCCC(C)(CO)NC2CC2)c1. The molecular weight excluding hydrogens is 238 g/mol. The van der Waals surface area contributed by atoms with Gasteiger partial charge in [-0.2, -0.15) is 0 Å². The molecule has 0 heterocycles. The molecule has 1 aliphatic carbocycles. The molecule has 0 spiro atoms. The van der Waals surface area contributed by atoms with Gasteiger partial charge in [-0.25, -0.2) is 0 Å². The van der Waals surface area contributed by atoms with E-state index in [2.05, 4.69) is 25.2 Å². The van der Waals surface area contributed by atoms with Gasteiger partial charge in [-0.3, -0.25) is 0 Å². The van der Waals surface area contributed by atoms with Gasteiger partial charge in [-0.05, 0) is 57.2 Å². The summed E-state index contributed by atoms with van der Waals surface area (Å²) in [5.74, 6) is 0.931. The maximum absolute atomic E-state index is 9.51. The number of aryl methyl sites for hydroxylation is 1. The Bertz CT molecular complexity index is 403. The fourth-order valence-electron chi connectivity index (χ4n) is 2.27. The van der Waals surface area contributed by atoms with Gasteiger partial charge >= 0.3 is 0 Å².